The number of carbonyl (C=O) groups excluding carboxylic acids is 1. The quantitative estimate of drug-likeness (QED) is 0.394. The highest BCUT2D eigenvalue weighted by atomic mass is 16.5. The van der Waals surface area contributed by atoms with Crippen LogP contribution >= 0.6 is 0 Å². The molecule has 4 aromatic rings. The van der Waals surface area contributed by atoms with Gasteiger partial charge in [0.25, 0.3) is 5.91 Å². The van der Waals surface area contributed by atoms with Crippen molar-refractivity contribution in [2.45, 2.75) is 38.2 Å². The maximum atomic E-state index is 13.2. The highest BCUT2D eigenvalue weighted by Gasteiger charge is 2.29. The molecule has 1 unspecified atom stereocenters. The van der Waals surface area contributed by atoms with E-state index in [1.807, 2.05) is 17.0 Å². The van der Waals surface area contributed by atoms with Crippen LogP contribution in [0.4, 0.5) is 5.82 Å². The molecule has 186 valence electrons. The fourth-order valence-corrected chi connectivity index (χ4v) is 5.86. The molecule has 0 spiro atoms. The number of benzene rings is 2. The standard InChI is InChI=1S/C28H31N5O3/c29-27-26-25(31-23(16-34)32-26)21-7-6-19(15-22(21)30-27)24(17-8-12-36-13-9-17)18-4-3-5-20(14-18)28(35)33-10-1-2-11-33/h3-7,14-15,17,24,34H,1-2,8-13,16H2,(H2,29,30)(H,31,32). The zero-order valence-corrected chi connectivity index (χ0v) is 20.2. The van der Waals surface area contributed by atoms with Gasteiger partial charge in [0, 0.05) is 43.2 Å². The first-order chi connectivity index (χ1) is 17.6. The summed E-state index contributed by atoms with van der Waals surface area (Å²) >= 11 is 0. The zero-order chi connectivity index (χ0) is 24.6. The molecule has 0 bridgehead atoms. The van der Waals surface area contributed by atoms with Gasteiger partial charge in [0.2, 0.25) is 0 Å². The Morgan fingerprint density at radius 3 is 2.67 bits per heavy atom. The van der Waals surface area contributed by atoms with Crippen LogP contribution in [0.5, 0.6) is 0 Å². The Hall–Kier alpha value is -3.49. The van der Waals surface area contributed by atoms with Gasteiger partial charge < -0.3 is 25.5 Å². The van der Waals surface area contributed by atoms with Crippen LogP contribution in [0.15, 0.2) is 42.5 Å². The van der Waals surface area contributed by atoms with E-state index in [0.717, 1.165) is 85.1 Å². The molecule has 2 saturated heterocycles. The molecule has 0 radical (unpaired) electrons. The molecule has 6 rings (SSSR count). The van der Waals surface area contributed by atoms with Gasteiger partial charge in [-0.3, -0.25) is 4.79 Å². The summed E-state index contributed by atoms with van der Waals surface area (Å²) in [4.78, 5) is 27.3. The minimum Gasteiger partial charge on any atom is -0.388 e. The number of fused-ring (bicyclic) bond motifs is 3. The van der Waals surface area contributed by atoms with Crippen LogP contribution in [0.25, 0.3) is 21.9 Å². The van der Waals surface area contributed by atoms with Crippen molar-refractivity contribution in [2.75, 3.05) is 32.0 Å². The number of hydrogen-bond donors (Lipinski definition) is 3. The summed E-state index contributed by atoms with van der Waals surface area (Å²) in [5.74, 6) is 1.43. The fraction of sp³-hybridized carbons (Fsp3) is 0.393. The fourth-order valence-electron chi connectivity index (χ4n) is 5.86. The van der Waals surface area contributed by atoms with Crippen LogP contribution in [-0.4, -0.2) is 57.2 Å². The van der Waals surface area contributed by atoms with E-state index >= 15 is 0 Å². The minimum atomic E-state index is -0.188. The van der Waals surface area contributed by atoms with Crippen molar-refractivity contribution < 1.29 is 14.6 Å². The van der Waals surface area contributed by atoms with E-state index in [2.05, 4.69) is 45.3 Å². The largest absolute Gasteiger partial charge is 0.388 e. The molecule has 4 heterocycles. The van der Waals surface area contributed by atoms with Gasteiger partial charge in [-0.05, 0) is 60.9 Å². The van der Waals surface area contributed by atoms with E-state index in [0.29, 0.717) is 23.1 Å². The number of pyridine rings is 1. The Labute approximate surface area is 209 Å². The third kappa shape index (κ3) is 4.10. The number of aromatic amines is 1. The highest BCUT2D eigenvalue weighted by Crippen LogP contribution is 2.39. The second kappa shape index (κ2) is 9.52. The Bertz CT molecular complexity index is 1420. The van der Waals surface area contributed by atoms with Gasteiger partial charge in [-0.2, -0.15) is 0 Å². The summed E-state index contributed by atoms with van der Waals surface area (Å²) in [6.45, 7) is 2.97. The average molecular weight is 486 g/mol. The highest BCUT2D eigenvalue weighted by molar-refractivity contribution is 6.06. The topological polar surface area (TPSA) is 117 Å². The van der Waals surface area contributed by atoms with Crippen LogP contribution in [0.2, 0.25) is 0 Å². The van der Waals surface area contributed by atoms with Crippen molar-refractivity contribution in [1.29, 1.82) is 0 Å². The minimum absolute atomic E-state index is 0.109. The number of aromatic nitrogens is 3. The normalized spacial score (nSPS) is 17.8. The Morgan fingerprint density at radius 1 is 1.11 bits per heavy atom. The van der Waals surface area contributed by atoms with E-state index in [4.69, 9.17) is 10.5 Å². The summed E-state index contributed by atoms with van der Waals surface area (Å²) in [7, 11) is 0. The molecule has 2 aromatic carbocycles. The van der Waals surface area contributed by atoms with Crippen LogP contribution in [0.3, 0.4) is 0 Å². The summed E-state index contributed by atoms with van der Waals surface area (Å²) in [5, 5.41) is 10.4. The van der Waals surface area contributed by atoms with Gasteiger partial charge in [-0.25, -0.2) is 9.97 Å². The maximum absolute atomic E-state index is 13.2. The summed E-state index contributed by atoms with van der Waals surface area (Å²) in [6, 6.07) is 14.5. The van der Waals surface area contributed by atoms with Gasteiger partial charge in [0.1, 0.15) is 17.9 Å². The first kappa shape index (κ1) is 22.9. The predicted octanol–water partition coefficient (Wildman–Crippen LogP) is 3.98. The molecule has 36 heavy (non-hydrogen) atoms. The molecule has 1 amide bonds. The van der Waals surface area contributed by atoms with Gasteiger partial charge in [-0.15, -0.1) is 0 Å². The lowest BCUT2D eigenvalue weighted by molar-refractivity contribution is 0.0616. The Kier molecular flexibility index (Phi) is 6.07. The molecule has 8 nitrogen and oxygen atoms in total. The van der Waals surface area contributed by atoms with Crippen molar-refractivity contribution in [1.82, 2.24) is 19.9 Å². The first-order valence-corrected chi connectivity index (χ1v) is 12.8. The SMILES string of the molecule is Nc1nc2cc(C(c3cccc(C(=O)N4CCCC4)c3)C3CCOCC3)ccc2c2[nH]c(CO)nc12. The van der Waals surface area contributed by atoms with E-state index in [1.54, 1.807) is 0 Å². The molecule has 8 heteroatoms. The van der Waals surface area contributed by atoms with Crippen LogP contribution < -0.4 is 5.73 Å². The monoisotopic (exact) mass is 485 g/mol. The number of ether oxygens (including phenoxy) is 1. The average Bonchev–Trinajstić information content (AvgIpc) is 3.60. The summed E-state index contributed by atoms with van der Waals surface area (Å²) in [6.07, 6.45) is 4.07. The Balaban J connectivity index is 1.44. The van der Waals surface area contributed by atoms with E-state index in [-0.39, 0.29) is 18.4 Å². The van der Waals surface area contributed by atoms with Gasteiger partial charge >= 0.3 is 0 Å². The van der Waals surface area contributed by atoms with Gasteiger partial charge in [0.05, 0.1) is 11.0 Å². The lowest BCUT2D eigenvalue weighted by atomic mass is 9.76. The van der Waals surface area contributed by atoms with Crippen LogP contribution in [-0.2, 0) is 11.3 Å². The lowest BCUT2D eigenvalue weighted by Crippen LogP contribution is -2.28. The number of anilines is 1. The molecule has 0 aliphatic carbocycles. The first-order valence-electron chi connectivity index (χ1n) is 12.8. The number of amides is 1. The van der Waals surface area contributed by atoms with Crippen LogP contribution in [0.1, 0.15) is 58.9 Å². The molecule has 2 fully saturated rings. The summed E-state index contributed by atoms with van der Waals surface area (Å²) in [5.41, 5.74) is 11.4. The van der Waals surface area contributed by atoms with Crippen molar-refractivity contribution in [3.63, 3.8) is 0 Å². The number of H-pyrrole nitrogens is 1. The molecule has 1 atom stereocenters. The molecular weight excluding hydrogens is 454 g/mol. The second-order valence-electron chi connectivity index (χ2n) is 9.89. The maximum Gasteiger partial charge on any atom is 0.253 e. The Morgan fingerprint density at radius 2 is 1.89 bits per heavy atom. The molecule has 0 saturated carbocycles. The van der Waals surface area contributed by atoms with Crippen molar-refractivity contribution >= 4 is 33.7 Å². The molecule has 4 N–H and O–H groups in total. The number of nitrogens with two attached hydrogens (primary N) is 1. The number of nitrogens with one attached hydrogen (secondary N) is 1. The lowest BCUT2D eigenvalue weighted by Gasteiger charge is -2.31. The number of nitrogen functional groups attached to an aromatic ring is 1. The van der Waals surface area contributed by atoms with E-state index in [9.17, 15) is 9.90 Å². The number of hydrogen-bond acceptors (Lipinski definition) is 6. The third-order valence-electron chi connectivity index (χ3n) is 7.66. The summed E-state index contributed by atoms with van der Waals surface area (Å²) < 4.78 is 5.68. The number of rotatable bonds is 5. The van der Waals surface area contributed by atoms with Gasteiger partial charge in [-0.1, -0.05) is 24.3 Å². The molecule has 2 aromatic heterocycles. The van der Waals surface area contributed by atoms with Crippen molar-refractivity contribution in [2.24, 2.45) is 5.92 Å². The molecule has 2 aliphatic rings. The number of aliphatic hydroxyl groups excluding tert-OH is 1. The zero-order valence-electron chi connectivity index (χ0n) is 20.2. The predicted molar refractivity (Wildman–Crippen MR) is 139 cm³/mol. The van der Waals surface area contributed by atoms with Crippen LogP contribution in [0, 0.1) is 5.92 Å². The number of imidazole rings is 1. The third-order valence-corrected chi connectivity index (χ3v) is 7.66. The molecule has 2 aliphatic heterocycles. The number of nitrogens with zero attached hydrogens (tertiary/aromatic N) is 3. The number of carbonyl (C=O) groups is 1. The van der Waals surface area contributed by atoms with E-state index < -0.39 is 0 Å². The smallest absolute Gasteiger partial charge is 0.253 e. The number of likely N-dealkylation sites (tertiary alicyclic amines) is 1. The van der Waals surface area contributed by atoms with E-state index in [1.165, 1.54) is 0 Å². The second-order valence-corrected chi connectivity index (χ2v) is 9.89. The van der Waals surface area contributed by atoms with Crippen molar-refractivity contribution in [3.8, 4) is 0 Å². The van der Waals surface area contributed by atoms with Gasteiger partial charge in [0.15, 0.2) is 5.82 Å². The molecular formula is C28H31N5O3. The number of aliphatic hydroxyl groups is 1. The van der Waals surface area contributed by atoms with Crippen molar-refractivity contribution in [3.05, 3.63) is 65.0 Å².